The summed E-state index contributed by atoms with van der Waals surface area (Å²) in [6, 6.07) is 7.03. The predicted octanol–water partition coefficient (Wildman–Crippen LogP) is 2.41. The fourth-order valence-corrected chi connectivity index (χ4v) is 5.26. The van der Waals surface area contributed by atoms with Gasteiger partial charge in [0.25, 0.3) is 15.7 Å². The monoisotopic (exact) mass is 463 g/mol. The highest BCUT2D eigenvalue weighted by atomic mass is 32.2. The van der Waals surface area contributed by atoms with Crippen LogP contribution in [0.25, 0.3) is 0 Å². The van der Waals surface area contributed by atoms with E-state index in [0.29, 0.717) is 13.1 Å². The first kappa shape index (κ1) is 22.2. The summed E-state index contributed by atoms with van der Waals surface area (Å²) in [4.78, 5) is 15.6. The van der Waals surface area contributed by atoms with Crippen molar-refractivity contribution >= 4 is 31.5 Å². The van der Waals surface area contributed by atoms with E-state index in [2.05, 4.69) is 10.3 Å². The fourth-order valence-electron chi connectivity index (χ4n) is 2.87. The fraction of sp³-hybridized carbons (Fsp3) is 0.294. The second-order valence-corrected chi connectivity index (χ2v) is 10.2. The zero-order valence-electron chi connectivity index (χ0n) is 15.3. The van der Waals surface area contributed by atoms with E-state index in [1.54, 1.807) is 0 Å². The molecule has 162 valence electrons. The van der Waals surface area contributed by atoms with Gasteiger partial charge in [-0.2, -0.15) is 17.5 Å². The zero-order valence-corrected chi connectivity index (χ0v) is 16.9. The van der Waals surface area contributed by atoms with E-state index < -0.39 is 41.9 Å². The van der Waals surface area contributed by atoms with E-state index in [-0.39, 0.29) is 10.6 Å². The second-order valence-electron chi connectivity index (χ2n) is 6.39. The number of aromatic nitrogens is 1. The lowest BCUT2D eigenvalue weighted by Crippen LogP contribution is -2.28. The molecule has 8 nitrogen and oxygen atoms in total. The van der Waals surface area contributed by atoms with Crippen LogP contribution in [0.4, 0.5) is 18.9 Å². The summed E-state index contributed by atoms with van der Waals surface area (Å²) in [5, 5.41) is 0.838. The minimum atomic E-state index is -5.84. The summed E-state index contributed by atoms with van der Waals surface area (Å²) in [6.45, 7) is 0.830. The maximum atomic E-state index is 12.9. The first-order valence-corrected chi connectivity index (χ1v) is 11.5. The molecule has 0 unspecified atom stereocenters. The number of pyridine rings is 1. The van der Waals surface area contributed by atoms with Gasteiger partial charge in [-0.25, -0.2) is 21.8 Å². The average molecular weight is 463 g/mol. The summed E-state index contributed by atoms with van der Waals surface area (Å²) >= 11 is 0. The van der Waals surface area contributed by atoms with Crippen LogP contribution in [0, 0.1) is 0 Å². The first-order chi connectivity index (χ1) is 13.9. The van der Waals surface area contributed by atoms with Crippen LogP contribution in [0.5, 0.6) is 0 Å². The summed E-state index contributed by atoms with van der Waals surface area (Å²) in [7, 11) is -9.51. The standard InChI is InChI=1S/C17H16F3N3O5S2/c18-17(19,20)29(25,26)16-14(4-3-9-21-16)15(24)22-12-5-7-13(8-6-12)30(27,28)23-10-1-2-11-23/h3-9H,1-2,10-11H2,(H,22,24). The molecule has 30 heavy (non-hydrogen) atoms. The number of sulfone groups is 1. The number of sulfonamides is 1. The Kier molecular flexibility index (Phi) is 5.89. The van der Waals surface area contributed by atoms with E-state index in [0.717, 1.165) is 31.2 Å². The van der Waals surface area contributed by atoms with Crippen molar-refractivity contribution in [1.82, 2.24) is 9.29 Å². The summed E-state index contributed by atoms with van der Waals surface area (Å²) < 4.78 is 88.2. The molecule has 0 atom stereocenters. The maximum absolute atomic E-state index is 12.9. The SMILES string of the molecule is O=C(Nc1ccc(S(=O)(=O)N2CCCC2)cc1)c1cccnc1S(=O)(=O)C(F)(F)F. The molecule has 1 aromatic heterocycles. The molecule has 1 amide bonds. The molecular weight excluding hydrogens is 447 g/mol. The molecule has 0 saturated carbocycles. The molecule has 0 spiro atoms. The quantitative estimate of drug-likeness (QED) is 0.729. The van der Waals surface area contributed by atoms with Gasteiger partial charge in [0, 0.05) is 25.0 Å². The largest absolute Gasteiger partial charge is 0.503 e. The Hall–Kier alpha value is -2.51. The number of hydrogen-bond donors (Lipinski definition) is 1. The van der Waals surface area contributed by atoms with Crippen molar-refractivity contribution in [2.45, 2.75) is 28.3 Å². The van der Waals surface area contributed by atoms with Gasteiger partial charge in [-0.15, -0.1) is 0 Å². The number of carbonyl (C=O) groups excluding carboxylic acids is 1. The second kappa shape index (κ2) is 7.96. The average Bonchev–Trinajstić information content (AvgIpc) is 3.23. The number of hydrogen-bond acceptors (Lipinski definition) is 6. The van der Waals surface area contributed by atoms with Crippen molar-refractivity contribution in [3.05, 3.63) is 48.2 Å². The van der Waals surface area contributed by atoms with Gasteiger partial charge >= 0.3 is 5.51 Å². The Morgan fingerprint density at radius 3 is 2.17 bits per heavy atom. The lowest BCUT2D eigenvalue weighted by Gasteiger charge is -2.16. The molecule has 1 aliphatic rings. The highest BCUT2D eigenvalue weighted by molar-refractivity contribution is 7.92. The van der Waals surface area contributed by atoms with Gasteiger partial charge in [0.05, 0.1) is 10.5 Å². The minimum absolute atomic E-state index is 0.00381. The molecule has 1 saturated heterocycles. The van der Waals surface area contributed by atoms with E-state index in [4.69, 9.17) is 0 Å². The normalized spacial score (nSPS) is 15.8. The van der Waals surface area contributed by atoms with Gasteiger partial charge in [-0.1, -0.05) is 0 Å². The molecule has 2 heterocycles. The van der Waals surface area contributed by atoms with Crippen LogP contribution in [0.15, 0.2) is 52.5 Å². The van der Waals surface area contributed by atoms with Crippen LogP contribution < -0.4 is 5.32 Å². The number of halogens is 3. The van der Waals surface area contributed by atoms with E-state index in [9.17, 15) is 34.8 Å². The van der Waals surface area contributed by atoms with Crippen LogP contribution in [0.2, 0.25) is 0 Å². The molecule has 1 fully saturated rings. The van der Waals surface area contributed by atoms with Crippen LogP contribution in [0.1, 0.15) is 23.2 Å². The lowest BCUT2D eigenvalue weighted by molar-refractivity contribution is -0.0438. The zero-order chi connectivity index (χ0) is 22.2. The topological polar surface area (TPSA) is 114 Å². The number of carbonyl (C=O) groups is 1. The Balaban J connectivity index is 1.84. The van der Waals surface area contributed by atoms with Gasteiger partial charge < -0.3 is 5.32 Å². The molecule has 3 rings (SSSR count). The summed E-state index contributed by atoms with van der Waals surface area (Å²) in [5.41, 5.74) is -6.34. The molecular formula is C17H16F3N3O5S2. The third-order valence-electron chi connectivity index (χ3n) is 4.39. The summed E-state index contributed by atoms with van der Waals surface area (Å²) in [5.74, 6) is -1.14. The number of anilines is 1. The Morgan fingerprint density at radius 1 is 1.00 bits per heavy atom. The number of amides is 1. The summed E-state index contributed by atoms with van der Waals surface area (Å²) in [6.07, 6.45) is 2.36. The molecule has 13 heteroatoms. The van der Waals surface area contributed by atoms with E-state index in [1.807, 2.05) is 0 Å². The third kappa shape index (κ3) is 4.18. The molecule has 0 bridgehead atoms. The van der Waals surface area contributed by atoms with Crippen molar-refractivity contribution in [2.75, 3.05) is 18.4 Å². The van der Waals surface area contributed by atoms with Crippen LogP contribution >= 0.6 is 0 Å². The number of rotatable bonds is 5. The Morgan fingerprint density at radius 2 is 1.60 bits per heavy atom. The molecule has 1 N–H and O–H groups in total. The van der Waals surface area contributed by atoms with Crippen molar-refractivity contribution in [3.8, 4) is 0 Å². The maximum Gasteiger partial charge on any atom is 0.503 e. The molecule has 1 aromatic carbocycles. The number of nitrogens with zero attached hydrogens (tertiary/aromatic N) is 2. The first-order valence-electron chi connectivity index (χ1n) is 8.62. The molecule has 2 aromatic rings. The predicted molar refractivity (Wildman–Crippen MR) is 99.9 cm³/mol. The highest BCUT2D eigenvalue weighted by Gasteiger charge is 2.49. The number of nitrogens with one attached hydrogen (secondary N) is 1. The van der Waals surface area contributed by atoms with Crippen LogP contribution in [0.3, 0.4) is 0 Å². The van der Waals surface area contributed by atoms with Gasteiger partial charge in [-0.05, 0) is 49.2 Å². The Labute approximate surface area is 170 Å². The van der Waals surface area contributed by atoms with Crippen LogP contribution in [-0.2, 0) is 19.9 Å². The van der Waals surface area contributed by atoms with Crippen molar-refractivity contribution in [3.63, 3.8) is 0 Å². The van der Waals surface area contributed by atoms with Gasteiger partial charge in [0.1, 0.15) is 0 Å². The van der Waals surface area contributed by atoms with Crippen LogP contribution in [-0.4, -0.2) is 50.6 Å². The molecule has 1 aliphatic heterocycles. The van der Waals surface area contributed by atoms with E-state index in [1.165, 1.54) is 28.6 Å². The van der Waals surface area contributed by atoms with Crippen molar-refractivity contribution < 1.29 is 34.8 Å². The van der Waals surface area contributed by atoms with Crippen molar-refractivity contribution in [1.29, 1.82) is 0 Å². The number of alkyl halides is 3. The van der Waals surface area contributed by atoms with Gasteiger partial charge in [0.2, 0.25) is 10.0 Å². The minimum Gasteiger partial charge on any atom is -0.322 e. The smallest absolute Gasteiger partial charge is 0.322 e. The number of benzene rings is 1. The van der Waals surface area contributed by atoms with Gasteiger partial charge in [-0.3, -0.25) is 4.79 Å². The van der Waals surface area contributed by atoms with E-state index >= 15 is 0 Å². The molecule has 0 aliphatic carbocycles. The Bertz CT molecular complexity index is 1160. The lowest BCUT2D eigenvalue weighted by atomic mass is 10.2. The highest BCUT2D eigenvalue weighted by Crippen LogP contribution is 2.31. The molecule has 0 radical (unpaired) electrons. The van der Waals surface area contributed by atoms with Gasteiger partial charge in [0.15, 0.2) is 5.03 Å². The third-order valence-corrected chi connectivity index (χ3v) is 7.75. The van der Waals surface area contributed by atoms with Crippen molar-refractivity contribution in [2.24, 2.45) is 0 Å².